The molecular formula is C18H18N2O4. The number of benzene rings is 2. The number of hydrogen-bond acceptors (Lipinski definition) is 3. The Balaban J connectivity index is 2.03. The summed E-state index contributed by atoms with van der Waals surface area (Å²) in [5, 5.41) is 14.3. The number of rotatable bonds is 6. The summed E-state index contributed by atoms with van der Waals surface area (Å²) >= 11 is 0. The van der Waals surface area contributed by atoms with E-state index in [1.54, 1.807) is 36.4 Å². The Morgan fingerprint density at radius 3 is 2.25 bits per heavy atom. The van der Waals surface area contributed by atoms with Gasteiger partial charge in [-0.1, -0.05) is 13.0 Å². The number of carbonyl (C=O) groups excluding carboxylic acids is 2. The van der Waals surface area contributed by atoms with Crippen LogP contribution in [0.25, 0.3) is 0 Å². The van der Waals surface area contributed by atoms with E-state index in [2.05, 4.69) is 10.6 Å². The van der Waals surface area contributed by atoms with Gasteiger partial charge in [0.05, 0.1) is 5.56 Å². The average molecular weight is 326 g/mol. The van der Waals surface area contributed by atoms with Crippen LogP contribution in [0.2, 0.25) is 0 Å². The van der Waals surface area contributed by atoms with Crippen molar-refractivity contribution in [1.29, 1.82) is 0 Å². The molecule has 0 saturated carbocycles. The highest BCUT2D eigenvalue weighted by Crippen LogP contribution is 2.14. The van der Waals surface area contributed by atoms with Crippen LogP contribution in [-0.2, 0) is 4.79 Å². The molecule has 2 aromatic rings. The number of nitrogens with one attached hydrogen (secondary N) is 2. The van der Waals surface area contributed by atoms with Gasteiger partial charge in [0.1, 0.15) is 0 Å². The maximum Gasteiger partial charge on any atom is 0.335 e. The van der Waals surface area contributed by atoms with Crippen molar-refractivity contribution in [1.82, 2.24) is 0 Å². The molecule has 2 rings (SSSR count). The van der Waals surface area contributed by atoms with Crippen molar-refractivity contribution in [3.05, 3.63) is 59.7 Å². The number of amides is 2. The van der Waals surface area contributed by atoms with Crippen LogP contribution in [0.1, 0.15) is 40.5 Å². The minimum atomic E-state index is -1.06. The van der Waals surface area contributed by atoms with Crippen LogP contribution in [0.15, 0.2) is 48.5 Å². The van der Waals surface area contributed by atoms with E-state index in [-0.39, 0.29) is 17.4 Å². The maximum atomic E-state index is 12.2. The molecule has 0 aromatic heterocycles. The molecule has 0 fully saturated rings. The first-order chi connectivity index (χ1) is 11.5. The van der Waals surface area contributed by atoms with E-state index < -0.39 is 5.97 Å². The molecule has 124 valence electrons. The number of hydrogen-bond donors (Lipinski definition) is 3. The van der Waals surface area contributed by atoms with E-state index in [0.717, 1.165) is 6.42 Å². The lowest BCUT2D eigenvalue weighted by atomic mass is 10.1. The first-order valence-electron chi connectivity index (χ1n) is 7.54. The van der Waals surface area contributed by atoms with Crippen molar-refractivity contribution in [3.8, 4) is 0 Å². The van der Waals surface area contributed by atoms with Crippen molar-refractivity contribution in [3.63, 3.8) is 0 Å². The van der Waals surface area contributed by atoms with Gasteiger partial charge in [-0.25, -0.2) is 4.79 Å². The van der Waals surface area contributed by atoms with E-state index in [1.807, 2.05) is 6.92 Å². The number of carbonyl (C=O) groups is 3. The molecule has 0 heterocycles. The second-order valence-corrected chi connectivity index (χ2v) is 5.22. The molecule has 6 nitrogen and oxygen atoms in total. The van der Waals surface area contributed by atoms with Crippen molar-refractivity contribution in [2.45, 2.75) is 19.8 Å². The number of aromatic carboxylic acids is 1. The SMILES string of the molecule is CCCC(=O)Nc1ccc(C(=O)Nc2cccc(C(=O)O)c2)cc1. The third-order valence-corrected chi connectivity index (χ3v) is 3.28. The maximum absolute atomic E-state index is 12.2. The van der Waals surface area contributed by atoms with Gasteiger partial charge in [-0.05, 0) is 48.9 Å². The normalized spacial score (nSPS) is 10.0. The number of carboxylic acids is 1. The third-order valence-electron chi connectivity index (χ3n) is 3.28. The first kappa shape index (κ1) is 17.2. The van der Waals surface area contributed by atoms with Crippen LogP contribution in [0, 0.1) is 0 Å². The molecular weight excluding hydrogens is 308 g/mol. The Labute approximate surface area is 139 Å². The quantitative estimate of drug-likeness (QED) is 0.758. The molecule has 2 aromatic carbocycles. The average Bonchev–Trinajstić information content (AvgIpc) is 2.56. The molecule has 0 saturated heterocycles. The Morgan fingerprint density at radius 2 is 1.62 bits per heavy atom. The topological polar surface area (TPSA) is 95.5 Å². The Hall–Kier alpha value is -3.15. The van der Waals surface area contributed by atoms with Gasteiger partial charge >= 0.3 is 5.97 Å². The lowest BCUT2D eigenvalue weighted by molar-refractivity contribution is -0.116. The summed E-state index contributed by atoms with van der Waals surface area (Å²) in [6.07, 6.45) is 1.21. The van der Waals surface area contributed by atoms with Gasteiger partial charge in [0.25, 0.3) is 5.91 Å². The first-order valence-corrected chi connectivity index (χ1v) is 7.54. The van der Waals surface area contributed by atoms with Gasteiger partial charge in [0.15, 0.2) is 0 Å². The zero-order chi connectivity index (χ0) is 17.5. The predicted octanol–water partition coefficient (Wildman–Crippen LogP) is 3.38. The van der Waals surface area contributed by atoms with Crippen molar-refractivity contribution in [2.24, 2.45) is 0 Å². The highest BCUT2D eigenvalue weighted by atomic mass is 16.4. The smallest absolute Gasteiger partial charge is 0.335 e. The minimum absolute atomic E-state index is 0.0693. The highest BCUT2D eigenvalue weighted by Gasteiger charge is 2.09. The number of anilines is 2. The van der Waals surface area contributed by atoms with Gasteiger partial charge < -0.3 is 15.7 Å². The van der Waals surface area contributed by atoms with Crippen LogP contribution in [0.4, 0.5) is 11.4 Å². The fourth-order valence-electron chi connectivity index (χ4n) is 2.09. The van der Waals surface area contributed by atoms with Crippen LogP contribution in [0.3, 0.4) is 0 Å². The molecule has 0 bridgehead atoms. The van der Waals surface area contributed by atoms with Gasteiger partial charge in [0, 0.05) is 23.4 Å². The molecule has 0 aliphatic rings. The summed E-state index contributed by atoms with van der Waals surface area (Å²) in [4.78, 5) is 34.6. The summed E-state index contributed by atoms with van der Waals surface area (Å²) in [6, 6.07) is 12.5. The van der Waals surface area contributed by atoms with Crippen molar-refractivity contribution < 1.29 is 19.5 Å². The molecule has 6 heteroatoms. The van der Waals surface area contributed by atoms with Crippen LogP contribution >= 0.6 is 0 Å². The van der Waals surface area contributed by atoms with E-state index in [1.165, 1.54) is 12.1 Å². The van der Waals surface area contributed by atoms with Crippen molar-refractivity contribution >= 4 is 29.2 Å². The van der Waals surface area contributed by atoms with Crippen molar-refractivity contribution in [2.75, 3.05) is 10.6 Å². The molecule has 24 heavy (non-hydrogen) atoms. The van der Waals surface area contributed by atoms with Crippen LogP contribution < -0.4 is 10.6 Å². The minimum Gasteiger partial charge on any atom is -0.478 e. The van der Waals surface area contributed by atoms with E-state index >= 15 is 0 Å². The molecule has 3 N–H and O–H groups in total. The molecule has 0 radical (unpaired) electrons. The third kappa shape index (κ3) is 4.67. The van der Waals surface area contributed by atoms with E-state index in [0.29, 0.717) is 23.4 Å². The Bertz CT molecular complexity index is 754. The summed E-state index contributed by atoms with van der Waals surface area (Å²) in [7, 11) is 0. The molecule has 0 aliphatic carbocycles. The van der Waals surface area contributed by atoms with Gasteiger partial charge in [-0.15, -0.1) is 0 Å². The van der Waals surface area contributed by atoms with Gasteiger partial charge in [0.2, 0.25) is 5.91 Å². The largest absolute Gasteiger partial charge is 0.478 e. The van der Waals surface area contributed by atoms with E-state index in [9.17, 15) is 14.4 Å². The van der Waals surface area contributed by atoms with Gasteiger partial charge in [-0.3, -0.25) is 9.59 Å². The number of carboxylic acid groups (broad SMARTS) is 1. The lowest BCUT2D eigenvalue weighted by Crippen LogP contribution is -2.13. The molecule has 0 atom stereocenters. The zero-order valence-corrected chi connectivity index (χ0v) is 13.2. The lowest BCUT2D eigenvalue weighted by Gasteiger charge is -2.08. The van der Waals surface area contributed by atoms with E-state index in [4.69, 9.17) is 5.11 Å². The second kappa shape index (κ2) is 7.92. The fraction of sp³-hybridized carbons (Fsp3) is 0.167. The summed E-state index contributed by atoms with van der Waals surface area (Å²) in [6.45, 7) is 1.92. The molecule has 0 aliphatic heterocycles. The summed E-state index contributed by atoms with van der Waals surface area (Å²) < 4.78 is 0. The Kier molecular flexibility index (Phi) is 5.68. The standard InChI is InChI=1S/C18H18N2O4/c1-2-4-16(21)19-14-9-7-12(8-10-14)17(22)20-15-6-3-5-13(11-15)18(23)24/h3,5-11H,2,4H2,1H3,(H,19,21)(H,20,22)(H,23,24). The Morgan fingerprint density at radius 1 is 0.917 bits per heavy atom. The molecule has 0 spiro atoms. The van der Waals surface area contributed by atoms with Crippen LogP contribution in [-0.4, -0.2) is 22.9 Å². The summed E-state index contributed by atoms with van der Waals surface area (Å²) in [5.41, 5.74) is 1.53. The second-order valence-electron chi connectivity index (χ2n) is 5.22. The highest BCUT2D eigenvalue weighted by molar-refractivity contribution is 6.05. The monoisotopic (exact) mass is 326 g/mol. The van der Waals surface area contributed by atoms with Crippen LogP contribution in [0.5, 0.6) is 0 Å². The molecule has 0 unspecified atom stereocenters. The molecule has 2 amide bonds. The fourth-order valence-corrected chi connectivity index (χ4v) is 2.09. The van der Waals surface area contributed by atoms with Gasteiger partial charge in [-0.2, -0.15) is 0 Å². The summed E-state index contributed by atoms with van der Waals surface area (Å²) in [5.74, 6) is -1.48. The zero-order valence-electron chi connectivity index (χ0n) is 13.2. The predicted molar refractivity (Wildman–Crippen MR) is 91.3 cm³/mol.